The Kier molecular flexibility index (Phi) is 5.51. The maximum absolute atomic E-state index is 5.94. The zero-order valence-electron chi connectivity index (χ0n) is 9.42. The molecule has 0 aliphatic heterocycles. The maximum atomic E-state index is 5.94. The molecule has 0 unspecified atom stereocenters. The van der Waals surface area contributed by atoms with Crippen molar-refractivity contribution in [2.24, 2.45) is 0 Å². The van der Waals surface area contributed by atoms with E-state index in [0.717, 1.165) is 23.9 Å². The van der Waals surface area contributed by atoms with Crippen molar-refractivity contribution < 1.29 is 10.1 Å². The Morgan fingerprint density at radius 1 is 1.40 bits per heavy atom. The van der Waals surface area contributed by atoms with Gasteiger partial charge in [0.1, 0.15) is 12.3 Å². The monoisotopic (exact) mass is 228 g/mol. The summed E-state index contributed by atoms with van der Waals surface area (Å²) in [5.74, 6) is 0.923. The van der Waals surface area contributed by atoms with Crippen LogP contribution in [0.4, 0.5) is 0 Å². The summed E-state index contributed by atoms with van der Waals surface area (Å²) in [5, 5.41) is 3.06. The first-order chi connectivity index (χ1) is 7.27. The molecule has 0 aliphatic rings. The van der Waals surface area contributed by atoms with Gasteiger partial charge in [0.25, 0.3) is 0 Å². The minimum absolute atomic E-state index is 0.773. The quantitative estimate of drug-likeness (QED) is 0.743. The van der Waals surface area contributed by atoms with Gasteiger partial charge in [0.15, 0.2) is 0 Å². The number of hydrogen-bond acceptors (Lipinski definition) is 1. The van der Waals surface area contributed by atoms with Gasteiger partial charge < -0.3 is 10.1 Å². The van der Waals surface area contributed by atoms with Gasteiger partial charge >= 0.3 is 0 Å². The van der Waals surface area contributed by atoms with E-state index in [1.165, 1.54) is 18.4 Å². The van der Waals surface area contributed by atoms with Crippen molar-refractivity contribution in [3.8, 4) is 5.75 Å². The molecule has 15 heavy (non-hydrogen) atoms. The third-order valence-corrected chi connectivity index (χ3v) is 2.60. The molecule has 1 rings (SSSR count). The highest BCUT2D eigenvalue weighted by molar-refractivity contribution is 6.30. The van der Waals surface area contributed by atoms with Crippen LogP contribution < -0.4 is 10.1 Å². The minimum atomic E-state index is 0.773. The molecule has 0 saturated heterocycles. The van der Waals surface area contributed by atoms with E-state index in [1.54, 1.807) is 7.11 Å². The smallest absolute Gasteiger partial charge is 0.127 e. The third-order valence-electron chi connectivity index (χ3n) is 2.37. The molecule has 0 aliphatic carbocycles. The molecule has 0 spiro atoms. The molecular weight excluding hydrogens is 210 g/mol. The van der Waals surface area contributed by atoms with Crippen molar-refractivity contribution in [1.29, 1.82) is 0 Å². The summed E-state index contributed by atoms with van der Waals surface area (Å²) in [6.07, 6.45) is 2.49. The number of ether oxygens (including phenoxy) is 1. The Balaban J connectivity index is 2.54. The van der Waals surface area contributed by atoms with Gasteiger partial charge in [-0.1, -0.05) is 24.9 Å². The van der Waals surface area contributed by atoms with Gasteiger partial charge in [-0.15, -0.1) is 0 Å². The van der Waals surface area contributed by atoms with E-state index < -0.39 is 0 Å². The molecule has 3 heteroatoms. The second-order valence-electron chi connectivity index (χ2n) is 3.59. The zero-order valence-corrected chi connectivity index (χ0v) is 10.2. The summed E-state index contributed by atoms with van der Waals surface area (Å²) in [4.78, 5) is 0. The number of methoxy groups -OCH3 is 1. The van der Waals surface area contributed by atoms with Crippen molar-refractivity contribution in [3.05, 3.63) is 28.8 Å². The molecule has 0 aromatic heterocycles. The summed E-state index contributed by atoms with van der Waals surface area (Å²) >= 11 is 5.94. The molecule has 0 atom stereocenters. The average molecular weight is 229 g/mol. The second-order valence-corrected chi connectivity index (χ2v) is 4.03. The molecule has 1 aromatic rings. The lowest BCUT2D eigenvalue weighted by molar-refractivity contribution is -0.670. The Morgan fingerprint density at radius 3 is 2.87 bits per heavy atom. The lowest BCUT2D eigenvalue weighted by atomic mass is 10.2. The van der Waals surface area contributed by atoms with E-state index in [-0.39, 0.29) is 0 Å². The highest BCUT2D eigenvalue weighted by atomic mass is 35.5. The number of quaternary nitrogens is 1. The Bertz CT molecular complexity index is 302. The largest absolute Gasteiger partial charge is 0.496 e. The highest BCUT2D eigenvalue weighted by Gasteiger charge is 2.04. The number of nitrogens with two attached hydrogens (primary N) is 1. The van der Waals surface area contributed by atoms with E-state index in [4.69, 9.17) is 16.3 Å². The second kappa shape index (κ2) is 6.70. The van der Waals surface area contributed by atoms with E-state index in [1.807, 2.05) is 18.2 Å². The van der Waals surface area contributed by atoms with Crippen LogP contribution in [-0.4, -0.2) is 13.7 Å². The summed E-state index contributed by atoms with van der Waals surface area (Å²) in [5.41, 5.74) is 1.17. The highest BCUT2D eigenvalue weighted by Crippen LogP contribution is 2.21. The lowest BCUT2D eigenvalue weighted by Crippen LogP contribution is -2.82. The Labute approximate surface area is 96.6 Å². The van der Waals surface area contributed by atoms with Crippen molar-refractivity contribution >= 4 is 11.6 Å². The molecule has 0 radical (unpaired) electrons. The van der Waals surface area contributed by atoms with Gasteiger partial charge in [0.2, 0.25) is 0 Å². The van der Waals surface area contributed by atoms with Crippen molar-refractivity contribution in [3.63, 3.8) is 0 Å². The van der Waals surface area contributed by atoms with Gasteiger partial charge in [0.05, 0.1) is 13.7 Å². The van der Waals surface area contributed by atoms with Gasteiger partial charge in [-0.05, 0) is 24.6 Å². The molecule has 0 bridgehead atoms. The molecule has 0 saturated carbocycles. The molecular formula is C12H19ClNO+. The van der Waals surface area contributed by atoms with E-state index in [9.17, 15) is 0 Å². The van der Waals surface area contributed by atoms with E-state index in [2.05, 4.69) is 12.2 Å². The molecule has 2 N–H and O–H groups in total. The average Bonchev–Trinajstić information content (AvgIpc) is 2.25. The molecule has 0 fully saturated rings. The predicted molar refractivity (Wildman–Crippen MR) is 63.4 cm³/mol. The first-order valence-electron chi connectivity index (χ1n) is 5.42. The summed E-state index contributed by atoms with van der Waals surface area (Å²) in [6.45, 7) is 4.30. The van der Waals surface area contributed by atoms with Crippen molar-refractivity contribution in [2.45, 2.75) is 26.3 Å². The third kappa shape index (κ3) is 4.10. The van der Waals surface area contributed by atoms with Crippen LogP contribution in [0.25, 0.3) is 0 Å². The van der Waals surface area contributed by atoms with Crippen LogP contribution in [0.15, 0.2) is 18.2 Å². The van der Waals surface area contributed by atoms with Crippen LogP contribution in [0.2, 0.25) is 5.02 Å². The normalized spacial score (nSPS) is 10.3. The summed E-state index contributed by atoms with van der Waals surface area (Å²) < 4.78 is 5.28. The van der Waals surface area contributed by atoms with E-state index >= 15 is 0 Å². The van der Waals surface area contributed by atoms with Gasteiger partial charge in [-0.25, -0.2) is 0 Å². The van der Waals surface area contributed by atoms with Crippen molar-refractivity contribution in [1.82, 2.24) is 0 Å². The van der Waals surface area contributed by atoms with E-state index in [0.29, 0.717) is 0 Å². The fraction of sp³-hybridized carbons (Fsp3) is 0.500. The van der Waals surface area contributed by atoms with Gasteiger partial charge in [-0.2, -0.15) is 0 Å². The number of hydrogen-bond donors (Lipinski definition) is 1. The van der Waals surface area contributed by atoms with Gasteiger partial charge in [-0.3, -0.25) is 0 Å². The fourth-order valence-corrected chi connectivity index (χ4v) is 1.71. The molecule has 0 amide bonds. The summed E-state index contributed by atoms with van der Waals surface area (Å²) in [7, 11) is 1.69. The Morgan fingerprint density at radius 2 is 2.20 bits per heavy atom. The zero-order chi connectivity index (χ0) is 11.1. The summed E-state index contributed by atoms with van der Waals surface area (Å²) in [6, 6.07) is 5.75. The molecule has 0 heterocycles. The number of unbranched alkanes of at least 4 members (excludes halogenated alkanes) is 1. The van der Waals surface area contributed by atoms with Crippen molar-refractivity contribution in [2.75, 3.05) is 13.7 Å². The molecule has 84 valence electrons. The first kappa shape index (κ1) is 12.3. The molecule has 2 nitrogen and oxygen atoms in total. The van der Waals surface area contributed by atoms with Crippen LogP contribution >= 0.6 is 11.6 Å². The topological polar surface area (TPSA) is 25.8 Å². The molecule has 1 aromatic carbocycles. The van der Waals surface area contributed by atoms with Crippen LogP contribution in [0, 0.1) is 0 Å². The fourth-order valence-electron chi connectivity index (χ4n) is 1.51. The van der Waals surface area contributed by atoms with Crippen LogP contribution in [0.3, 0.4) is 0 Å². The van der Waals surface area contributed by atoms with Gasteiger partial charge in [0, 0.05) is 10.6 Å². The van der Waals surface area contributed by atoms with Crippen LogP contribution in [0.5, 0.6) is 5.75 Å². The number of benzene rings is 1. The lowest BCUT2D eigenvalue weighted by Gasteiger charge is -2.07. The number of rotatable bonds is 6. The number of halogens is 1. The van der Waals surface area contributed by atoms with Crippen LogP contribution in [0.1, 0.15) is 25.3 Å². The standard InChI is InChI=1S/C12H18ClNO/c1-3-4-7-14-9-10-8-11(13)5-6-12(10)15-2/h5-6,8,14H,3-4,7,9H2,1-2H3/p+1. The SMILES string of the molecule is CCCC[NH2+]Cc1cc(Cl)ccc1OC. The van der Waals surface area contributed by atoms with Crippen LogP contribution in [-0.2, 0) is 6.54 Å². The maximum Gasteiger partial charge on any atom is 0.127 e. The first-order valence-corrected chi connectivity index (χ1v) is 5.79. The predicted octanol–water partition coefficient (Wildman–Crippen LogP) is 2.21. The minimum Gasteiger partial charge on any atom is -0.496 e. The Hall–Kier alpha value is -0.730.